The summed E-state index contributed by atoms with van der Waals surface area (Å²) < 4.78 is 36.9. The van der Waals surface area contributed by atoms with Gasteiger partial charge in [0.1, 0.15) is 0 Å². The van der Waals surface area contributed by atoms with Crippen molar-refractivity contribution in [1.82, 2.24) is 0 Å². The maximum Gasteiger partial charge on any atom is 0.417 e. The van der Waals surface area contributed by atoms with E-state index in [2.05, 4.69) is 0 Å². The van der Waals surface area contributed by atoms with Crippen LogP contribution in [0.15, 0.2) is 6.07 Å². The molecule has 1 aromatic rings. The third-order valence-corrected chi connectivity index (χ3v) is 3.16. The SMILES string of the molecule is FC(F)(F)c1cc(Cl)c(Cl)c(Cl)c1Cl. The molecule has 0 spiro atoms. The smallest absolute Gasteiger partial charge is 0.166 e. The van der Waals surface area contributed by atoms with Crippen LogP contribution in [0, 0.1) is 0 Å². The van der Waals surface area contributed by atoms with Crippen LogP contribution in [0.3, 0.4) is 0 Å². The molecule has 0 saturated heterocycles. The second-order valence-corrected chi connectivity index (χ2v) is 3.89. The zero-order valence-corrected chi connectivity index (χ0v) is 9.25. The Labute approximate surface area is 97.5 Å². The largest absolute Gasteiger partial charge is 0.417 e. The Hall–Kier alpha value is 0.170. The van der Waals surface area contributed by atoms with Gasteiger partial charge in [-0.3, -0.25) is 0 Å². The van der Waals surface area contributed by atoms with E-state index in [1.54, 1.807) is 0 Å². The van der Waals surface area contributed by atoms with Gasteiger partial charge in [-0.05, 0) is 6.07 Å². The lowest BCUT2D eigenvalue weighted by Crippen LogP contribution is -2.06. The lowest BCUT2D eigenvalue weighted by Gasteiger charge is -2.11. The van der Waals surface area contributed by atoms with Crippen molar-refractivity contribution < 1.29 is 13.2 Å². The standard InChI is InChI=1S/C7HCl4F3/c8-3-1-2(7(12,13)14)4(9)6(11)5(3)10/h1H. The lowest BCUT2D eigenvalue weighted by molar-refractivity contribution is -0.137. The first-order valence-corrected chi connectivity index (χ1v) is 4.66. The number of benzene rings is 1. The summed E-state index contributed by atoms with van der Waals surface area (Å²) in [7, 11) is 0. The maximum atomic E-state index is 12.3. The van der Waals surface area contributed by atoms with E-state index in [1.807, 2.05) is 0 Å². The Kier molecular flexibility index (Phi) is 3.47. The molecule has 0 amide bonds. The van der Waals surface area contributed by atoms with Crippen molar-refractivity contribution in [2.75, 3.05) is 0 Å². The van der Waals surface area contributed by atoms with Crippen LogP contribution < -0.4 is 0 Å². The first kappa shape index (κ1) is 12.2. The summed E-state index contributed by atoms with van der Waals surface area (Å²) in [5.41, 5.74) is -1.10. The summed E-state index contributed by atoms with van der Waals surface area (Å²) in [6, 6.07) is 0.637. The summed E-state index contributed by atoms with van der Waals surface area (Å²) >= 11 is 21.7. The molecule has 0 fully saturated rings. The topological polar surface area (TPSA) is 0 Å². The second-order valence-electron chi connectivity index (χ2n) is 2.35. The Morgan fingerprint density at radius 1 is 0.857 bits per heavy atom. The zero-order chi connectivity index (χ0) is 11.1. The molecule has 7 heteroatoms. The molecule has 1 aromatic carbocycles. The molecule has 0 unspecified atom stereocenters. The Balaban J connectivity index is 3.49. The molecule has 0 atom stereocenters. The molecule has 0 heterocycles. The highest BCUT2D eigenvalue weighted by Gasteiger charge is 2.35. The van der Waals surface area contributed by atoms with Gasteiger partial charge in [-0.2, -0.15) is 13.2 Å². The van der Waals surface area contributed by atoms with Crippen molar-refractivity contribution in [3.05, 3.63) is 31.7 Å². The van der Waals surface area contributed by atoms with Crippen molar-refractivity contribution >= 4 is 46.4 Å². The van der Waals surface area contributed by atoms with E-state index in [4.69, 9.17) is 46.4 Å². The minimum absolute atomic E-state index is 0.189. The Morgan fingerprint density at radius 2 is 1.36 bits per heavy atom. The first-order valence-electron chi connectivity index (χ1n) is 3.15. The summed E-state index contributed by atoms with van der Waals surface area (Å²) in [5, 5.41) is -1.51. The lowest BCUT2D eigenvalue weighted by atomic mass is 10.2. The van der Waals surface area contributed by atoms with Crippen LogP contribution >= 0.6 is 46.4 Å². The number of halogens is 7. The summed E-state index contributed by atoms with van der Waals surface area (Å²) in [6.45, 7) is 0. The van der Waals surface area contributed by atoms with E-state index in [0.29, 0.717) is 6.07 Å². The van der Waals surface area contributed by atoms with E-state index in [-0.39, 0.29) is 10.0 Å². The summed E-state index contributed by atoms with van der Waals surface area (Å²) in [4.78, 5) is 0. The van der Waals surface area contributed by atoms with E-state index < -0.39 is 21.8 Å². The molecule has 14 heavy (non-hydrogen) atoms. The Morgan fingerprint density at radius 3 is 1.79 bits per heavy atom. The number of hydrogen-bond acceptors (Lipinski definition) is 0. The molecule has 0 aliphatic rings. The molecule has 0 radical (unpaired) electrons. The van der Waals surface area contributed by atoms with Gasteiger partial charge in [0.25, 0.3) is 0 Å². The van der Waals surface area contributed by atoms with E-state index in [9.17, 15) is 13.2 Å². The molecule has 0 aromatic heterocycles. The van der Waals surface area contributed by atoms with Crippen molar-refractivity contribution in [2.45, 2.75) is 6.18 Å². The maximum absolute atomic E-state index is 12.3. The third kappa shape index (κ3) is 2.22. The van der Waals surface area contributed by atoms with E-state index in [0.717, 1.165) is 0 Å². The third-order valence-electron chi connectivity index (χ3n) is 1.41. The zero-order valence-electron chi connectivity index (χ0n) is 6.22. The van der Waals surface area contributed by atoms with E-state index >= 15 is 0 Å². The number of rotatable bonds is 0. The predicted octanol–water partition coefficient (Wildman–Crippen LogP) is 5.32. The van der Waals surface area contributed by atoms with Gasteiger partial charge >= 0.3 is 6.18 Å². The quantitative estimate of drug-likeness (QED) is 0.447. The molecular weight excluding hydrogens is 283 g/mol. The van der Waals surface area contributed by atoms with Gasteiger partial charge in [-0.15, -0.1) is 0 Å². The van der Waals surface area contributed by atoms with Gasteiger partial charge in [0, 0.05) is 0 Å². The fourth-order valence-corrected chi connectivity index (χ4v) is 1.69. The van der Waals surface area contributed by atoms with Crippen LogP contribution in [0.2, 0.25) is 20.1 Å². The fraction of sp³-hybridized carbons (Fsp3) is 0.143. The average molecular weight is 284 g/mol. The molecule has 0 bridgehead atoms. The molecule has 0 nitrogen and oxygen atoms in total. The van der Waals surface area contributed by atoms with Gasteiger partial charge in [-0.25, -0.2) is 0 Å². The fourth-order valence-electron chi connectivity index (χ4n) is 0.779. The van der Waals surface area contributed by atoms with Gasteiger partial charge in [-0.1, -0.05) is 46.4 Å². The van der Waals surface area contributed by atoms with Crippen molar-refractivity contribution in [1.29, 1.82) is 0 Å². The minimum Gasteiger partial charge on any atom is -0.166 e. The molecule has 1 rings (SSSR count). The van der Waals surface area contributed by atoms with Crippen LogP contribution in [0.25, 0.3) is 0 Å². The van der Waals surface area contributed by atoms with Gasteiger partial charge < -0.3 is 0 Å². The van der Waals surface area contributed by atoms with Crippen LogP contribution in [0.1, 0.15) is 5.56 Å². The van der Waals surface area contributed by atoms with E-state index in [1.165, 1.54) is 0 Å². The first-order chi connectivity index (χ1) is 6.25. The molecule has 0 saturated carbocycles. The number of hydrogen-bond donors (Lipinski definition) is 0. The van der Waals surface area contributed by atoms with Crippen molar-refractivity contribution in [2.24, 2.45) is 0 Å². The predicted molar refractivity (Wildman–Crippen MR) is 51.5 cm³/mol. The van der Waals surface area contributed by atoms with Crippen molar-refractivity contribution in [3.8, 4) is 0 Å². The average Bonchev–Trinajstić information content (AvgIpc) is 2.06. The molecule has 78 valence electrons. The number of alkyl halides is 3. The second kappa shape index (κ2) is 3.97. The highest BCUT2D eigenvalue weighted by Crippen LogP contribution is 2.44. The summed E-state index contributed by atoms with van der Waals surface area (Å²) in [6.07, 6.45) is -4.60. The Bertz CT molecular complexity index is 372. The van der Waals surface area contributed by atoms with Crippen LogP contribution in [0.5, 0.6) is 0 Å². The highest BCUT2D eigenvalue weighted by molar-refractivity contribution is 6.52. The minimum atomic E-state index is -4.60. The van der Waals surface area contributed by atoms with Crippen molar-refractivity contribution in [3.63, 3.8) is 0 Å². The highest BCUT2D eigenvalue weighted by atomic mass is 35.5. The molecular formula is C7HCl4F3. The van der Waals surface area contributed by atoms with Gasteiger partial charge in [0.05, 0.1) is 25.7 Å². The molecule has 0 aliphatic heterocycles. The van der Waals surface area contributed by atoms with Gasteiger partial charge in [0.2, 0.25) is 0 Å². The van der Waals surface area contributed by atoms with Crippen LogP contribution in [-0.2, 0) is 6.18 Å². The normalized spacial score (nSPS) is 11.9. The van der Waals surface area contributed by atoms with Crippen LogP contribution in [-0.4, -0.2) is 0 Å². The summed E-state index contributed by atoms with van der Waals surface area (Å²) in [5.74, 6) is 0. The van der Waals surface area contributed by atoms with Gasteiger partial charge in [0.15, 0.2) is 0 Å². The monoisotopic (exact) mass is 282 g/mol. The molecule has 0 aliphatic carbocycles. The molecule has 0 N–H and O–H groups in total. The van der Waals surface area contributed by atoms with Crippen LogP contribution in [0.4, 0.5) is 13.2 Å².